The Balaban J connectivity index is 2.57. The van der Waals surface area contributed by atoms with Crippen molar-refractivity contribution in [3.05, 3.63) is 28.8 Å². The molecule has 0 radical (unpaired) electrons. The molecule has 0 spiro atoms. The van der Waals surface area contributed by atoms with E-state index in [2.05, 4.69) is 13.0 Å². The molecule has 0 atom stereocenters. The zero-order chi connectivity index (χ0) is 8.55. The summed E-state index contributed by atoms with van der Waals surface area (Å²) in [4.78, 5) is 0. The van der Waals surface area contributed by atoms with E-state index in [1.807, 2.05) is 6.07 Å². The Morgan fingerprint density at radius 2 is 2.33 bits per heavy atom. The number of nitrogens with two attached hydrogens (primary N) is 1. The van der Waals surface area contributed by atoms with E-state index in [1.54, 1.807) is 0 Å². The zero-order valence-electron chi connectivity index (χ0n) is 7.26. The Hall–Kier alpha value is -1.02. The first-order chi connectivity index (χ1) is 5.83. The summed E-state index contributed by atoms with van der Waals surface area (Å²) in [6.45, 7) is 3.53. The van der Waals surface area contributed by atoms with Gasteiger partial charge in [-0.05, 0) is 24.1 Å². The van der Waals surface area contributed by atoms with Crippen LogP contribution in [0, 0.1) is 6.92 Å². The van der Waals surface area contributed by atoms with Gasteiger partial charge in [0.1, 0.15) is 5.75 Å². The van der Waals surface area contributed by atoms with Crippen LogP contribution in [0.2, 0.25) is 0 Å². The average Bonchev–Trinajstić information content (AvgIpc) is 2.52. The van der Waals surface area contributed by atoms with Gasteiger partial charge in [0, 0.05) is 18.5 Å². The first-order valence-corrected chi connectivity index (χ1v) is 4.27. The number of fused-ring (bicyclic) bond motifs is 1. The lowest BCUT2D eigenvalue weighted by atomic mass is 10.0. The second-order valence-corrected chi connectivity index (χ2v) is 3.14. The fourth-order valence-electron chi connectivity index (χ4n) is 1.75. The molecule has 0 saturated heterocycles. The molecule has 1 heterocycles. The van der Waals surface area contributed by atoms with Crippen molar-refractivity contribution >= 4 is 0 Å². The molecule has 0 unspecified atom stereocenters. The number of rotatable bonds is 1. The number of benzene rings is 1. The predicted molar refractivity (Wildman–Crippen MR) is 48.3 cm³/mol. The van der Waals surface area contributed by atoms with E-state index in [0.717, 1.165) is 18.8 Å². The fraction of sp³-hybridized carbons (Fsp3) is 0.400. The van der Waals surface area contributed by atoms with E-state index >= 15 is 0 Å². The van der Waals surface area contributed by atoms with E-state index in [-0.39, 0.29) is 0 Å². The number of hydrogen-bond acceptors (Lipinski definition) is 2. The van der Waals surface area contributed by atoms with Gasteiger partial charge in [-0.25, -0.2) is 0 Å². The van der Waals surface area contributed by atoms with Crippen LogP contribution in [0.15, 0.2) is 12.1 Å². The van der Waals surface area contributed by atoms with Crippen molar-refractivity contribution in [1.82, 2.24) is 0 Å². The van der Waals surface area contributed by atoms with Crippen LogP contribution < -0.4 is 10.5 Å². The molecule has 1 aliphatic heterocycles. The monoisotopic (exact) mass is 163 g/mol. The minimum absolute atomic E-state index is 0.623. The highest BCUT2D eigenvalue weighted by molar-refractivity contribution is 5.46. The second kappa shape index (κ2) is 2.79. The van der Waals surface area contributed by atoms with Gasteiger partial charge >= 0.3 is 0 Å². The standard InChI is InChI=1S/C10H13NO/c1-7-2-3-10-8(4-5-12-10)9(7)6-11/h2-3H,4-6,11H2,1H3. The smallest absolute Gasteiger partial charge is 0.122 e. The molecule has 0 aliphatic carbocycles. The zero-order valence-corrected chi connectivity index (χ0v) is 7.26. The Kier molecular flexibility index (Phi) is 1.77. The van der Waals surface area contributed by atoms with Crippen LogP contribution in [0.4, 0.5) is 0 Å². The summed E-state index contributed by atoms with van der Waals surface area (Å²) in [6.07, 6.45) is 1.02. The van der Waals surface area contributed by atoms with E-state index in [0.29, 0.717) is 6.54 Å². The number of ether oxygens (including phenoxy) is 1. The number of hydrogen-bond donors (Lipinski definition) is 1. The molecule has 0 saturated carbocycles. The van der Waals surface area contributed by atoms with Gasteiger partial charge in [0.25, 0.3) is 0 Å². The van der Waals surface area contributed by atoms with Gasteiger partial charge < -0.3 is 10.5 Å². The molecule has 1 aliphatic rings. The lowest BCUT2D eigenvalue weighted by molar-refractivity contribution is 0.357. The van der Waals surface area contributed by atoms with Gasteiger partial charge in [0.05, 0.1) is 6.61 Å². The summed E-state index contributed by atoms with van der Waals surface area (Å²) >= 11 is 0. The highest BCUT2D eigenvalue weighted by Crippen LogP contribution is 2.29. The molecule has 2 heteroatoms. The molecule has 2 nitrogen and oxygen atoms in total. The molecule has 2 rings (SSSR count). The molecule has 0 bridgehead atoms. The van der Waals surface area contributed by atoms with E-state index in [1.165, 1.54) is 16.7 Å². The molecule has 1 aromatic rings. The quantitative estimate of drug-likeness (QED) is 0.679. The molecule has 12 heavy (non-hydrogen) atoms. The molecule has 0 fully saturated rings. The lowest BCUT2D eigenvalue weighted by Gasteiger charge is -2.07. The highest BCUT2D eigenvalue weighted by Gasteiger charge is 2.16. The molecule has 1 aromatic carbocycles. The average molecular weight is 163 g/mol. The highest BCUT2D eigenvalue weighted by atomic mass is 16.5. The maximum Gasteiger partial charge on any atom is 0.122 e. The summed E-state index contributed by atoms with van der Waals surface area (Å²) in [5.74, 6) is 1.03. The van der Waals surface area contributed by atoms with Crippen LogP contribution in [-0.4, -0.2) is 6.61 Å². The topological polar surface area (TPSA) is 35.2 Å². The van der Waals surface area contributed by atoms with Gasteiger partial charge in [0.15, 0.2) is 0 Å². The summed E-state index contributed by atoms with van der Waals surface area (Å²) in [6, 6.07) is 4.11. The Labute approximate surface area is 72.3 Å². The van der Waals surface area contributed by atoms with Crippen LogP contribution in [0.1, 0.15) is 16.7 Å². The van der Waals surface area contributed by atoms with Gasteiger partial charge in [-0.3, -0.25) is 0 Å². The third kappa shape index (κ3) is 0.994. The van der Waals surface area contributed by atoms with Crippen molar-refractivity contribution in [3.63, 3.8) is 0 Å². The van der Waals surface area contributed by atoms with Crippen molar-refractivity contribution in [1.29, 1.82) is 0 Å². The molecule has 64 valence electrons. The van der Waals surface area contributed by atoms with Crippen LogP contribution >= 0.6 is 0 Å². The maximum atomic E-state index is 5.67. The summed E-state index contributed by atoms with van der Waals surface area (Å²) in [5.41, 5.74) is 9.53. The third-order valence-electron chi connectivity index (χ3n) is 2.44. The molecule has 2 N–H and O–H groups in total. The normalized spacial score (nSPS) is 14.2. The minimum atomic E-state index is 0.623. The maximum absolute atomic E-state index is 5.67. The minimum Gasteiger partial charge on any atom is -0.493 e. The van der Waals surface area contributed by atoms with Gasteiger partial charge in [0.2, 0.25) is 0 Å². The Morgan fingerprint density at radius 1 is 1.50 bits per heavy atom. The fourth-order valence-corrected chi connectivity index (χ4v) is 1.75. The largest absolute Gasteiger partial charge is 0.493 e. The van der Waals surface area contributed by atoms with Crippen molar-refractivity contribution < 1.29 is 4.74 Å². The third-order valence-corrected chi connectivity index (χ3v) is 2.44. The van der Waals surface area contributed by atoms with Crippen molar-refractivity contribution in [3.8, 4) is 5.75 Å². The van der Waals surface area contributed by atoms with Gasteiger partial charge in [-0.2, -0.15) is 0 Å². The van der Waals surface area contributed by atoms with Gasteiger partial charge in [-0.1, -0.05) is 6.07 Å². The Bertz CT molecular complexity index is 307. The molecule has 0 aromatic heterocycles. The summed E-state index contributed by atoms with van der Waals surface area (Å²) in [5, 5.41) is 0. The van der Waals surface area contributed by atoms with E-state index in [9.17, 15) is 0 Å². The van der Waals surface area contributed by atoms with E-state index in [4.69, 9.17) is 10.5 Å². The molecular weight excluding hydrogens is 150 g/mol. The lowest BCUT2D eigenvalue weighted by Crippen LogP contribution is -2.02. The Morgan fingerprint density at radius 3 is 3.08 bits per heavy atom. The summed E-state index contributed by atoms with van der Waals surface area (Å²) < 4.78 is 5.44. The first-order valence-electron chi connectivity index (χ1n) is 4.27. The van der Waals surface area contributed by atoms with Crippen LogP contribution in [0.25, 0.3) is 0 Å². The van der Waals surface area contributed by atoms with Crippen molar-refractivity contribution in [2.45, 2.75) is 19.9 Å². The first kappa shape index (κ1) is 7.62. The van der Waals surface area contributed by atoms with Crippen LogP contribution in [0.5, 0.6) is 5.75 Å². The molecule has 0 amide bonds. The molecular formula is C10H13NO. The summed E-state index contributed by atoms with van der Waals surface area (Å²) in [7, 11) is 0. The van der Waals surface area contributed by atoms with Crippen LogP contribution in [-0.2, 0) is 13.0 Å². The number of aryl methyl sites for hydroxylation is 1. The SMILES string of the molecule is Cc1ccc2c(c1CN)CCO2. The van der Waals surface area contributed by atoms with Crippen LogP contribution in [0.3, 0.4) is 0 Å². The van der Waals surface area contributed by atoms with Crippen molar-refractivity contribution in [2.75, 3.05) is 6.61 Å². The predicted octanol–water partition coefficient (Wildman–Crippen LogP) is 1.39. The van der Waals surface area contributed by atoms with Crippen molar-refractivity contribution in [2.24, 2.45) is 5.73 Å². The van der Waals surface area contributed by atoms with Gasteiger partial charge in [-0.15, -0.1) is 0 Å². The van der Waals surface area contributed by atoms with E-state index < -0.39 is 0 Å². The second-order valence-electron chi connectivity index (χ2n) is 3.14.